The monoisotopic (exact) mass is 400 g/mol. The molecule has 0 unspecified atom stereocenters. The zero-order chi connectivity index (χ0) is 21.6. The van der Waals surface area contributed by atoms with E-state index >= 15 is 0 Å². The van der Waals surface area contributed by atoms with E-state index in [-0.39, 0.29) is 11.8 Å². The summed E-state index contributed by atoms with van der Waals surface area (Å²) in [5.41, 5.74) is 2.34. The molecule has 0 aliphatic carbocycles. The lowest BCUT2D eigenvalue weighted by Crippen LogP contribution is -2.25. The zero-order valence-corrected chi connectivity index (χ0v) is 17.7. The molecule has 2 amide bonds. The molecule has 0 aliphatic rings. The number of hydrogen-bond acceptors (Lipinski definition) is 2. The molecule has 0 saturated carbocycles. The van der Waals surface area contributed by atoms with E-state index in [2.05, 4.69) is 48.2 Å². The molecule has 2 N–H and O–H groups in total. The van der Waals surface area contributed by atoms with Gasteiger partial charge >= 0.3 is 0 Å². The summed E-state index contributed by atoms with van der Waals surface area (Å²) in [7, 11) is 0. The molecule has 4 heteroatoms. The van der Waals surface area contributed by atoms with Crippen LogP contribution in [0.5, 0.6) is 0 Å². The van der Waals surface area contributed by atoms with Gasteiger partial charge in [-0.05, 0) is 48.9 Å². The van der Waals surface area contributed by atoms with Crippen LogP contribution in [-0.2, 0) is 0 Å². The van der Waals surface area contributed by atoms with E-state index in [1.807, 2.05) is 24.3 Å². The van der Waals surface area contributed by atoms with E-state index in [1.54, 1.807) is 24.3 Å². The van der Waals surface area contributed by atoms with Gasteiger partial charge in [-0.1, -0.05) is 62.8 Å². The molecule has 0 aromatic heterocycles. The summed E-state index contributed by atoms with van der Waals surface area (Å²) in [5, 5.41) is 5.82. The van der Waals surface area contributed by atoms with Gasteiger partial charge < -0.3 is 10.6 Å². The first-order valence-electron chi connectivity index (χ1n) is 10.4. The molecule has 0 saturated heterocycles. The smallest absolute Gasteiger partial charge is 0.252 e. The van der Waals surface area contributed by atoms with Gasteiger partial charge in [-0.3, -0.25) is 9.59 Å². The maximum absolute atomic E-state index is 12.4. The second-order valence-corrected chi connectivity index (χ2v) is 6.81. The minimum atomic E-state index is -0.129. The highest BCUT2D eigenvalue weighted by Crippen LogP contribution is 2.08. The minimum Gasteiger partial charge on any atom is -0.352 e. The van der Waals surface area contributed by atoms with E-state index in [0.717, 1.165) is 25.7 Å². The molecule has 0 heterocycles. The highest BCUT2D eigenvalue weighted by atomic mass is 16.2. The van der Waals surface area contributed by atoms with Crippen molar-refractivity contribution in [2.24, 2.45) is 0 Å². The zero-order valence-electron chi connectivity index (χ0n) is 17.7. The van der Waals surface area contributed by atoms with Crippen molar-refractivity contribution in [3.05, 3.63) is 70.8 Å². The Balaban J connectivity index is 2.15. The third kappa shape index (κ3) is 7.15. The van der Waals surface area contributed by atoms with Crippen molar-refractivity contribution in [2.75, 3.05) is 13.1 Å². The Morgan fingerprint density at radius 2 is 1.10 bits per heavy atom. The lowest BCUT2D eigenvalue weighted by Gasteiger charge is -2.06. The van der Waals surface area contributed by atoms with Gasteiger partial charge in [0.2, 0.25) is 0 Å². The average molecular weight is 401 g/mol. The summed E-state index contributed by atoms with van der Waals surface area (Å²) >= 11 is 0. The number of benzene rings is 2. The normalized spacial score (nSPS) is 9.53. The number of unbranched alkanes of at least 4 members (excludes halogenated alkanes) is 2. The standard InChI is InChI=1S/C26H28N2O2/c1-3-5-19-27-25(29)23-17-11-9-15-21(23)13-7-8-14-22-16-10-12-18-24(22)26(30)28-20-6-4-2/h9-12,15-18H,3-6,19-20H2,1-2H3,(H,27,29)(H,28,30). The second-order valence-electron chi connectivity index (χ2n) is 6.81. The molecule has 4 nitrogen and oxygen atoms in total. The summed E-state index contributed by atoms with van der Waals surface area (Å²) in [4.78, 5) is 24.7. The largest absolute Gasteiger partial charge is 0.352 e. The first kappa shape index (κ1) is 22.8. The van der Waals surface area contributed by atoms with Crippen LogP contribution in [0.25, 0.3) is 0 Å². The summed E-state index contributed by atoms with van der Waals surface area (Å²) < 4.78 is 0. The van der Waals surface area contributed by atoms with Crippen LogP contribution < -0.4 is 10.6 Å². The Hall–Kier alpha value is -3.50. The quantitative estimate of drug-likeness (QED) is 0.517. The molecule has 154 valence electrons. The number of carbonyl (C=O) groups is 2. The van der Waals surface area contributed by atoms with E-state index in [9.17, 15) is 9.59 Å². The van der Waals surface area contributed by atoms with Crippen LogP contribution >= 0.6 is 0 Å². The van der Waals surface area contributed by atoms with Crippen molar-refractivity contribution >= 4 is 11.8 Å². The van der Waals surface area contributed by atoms with Gasteiger partial charge in [-0.25, -0.2) is 0 Å². The number of hydrogen-bond donors (Lipinski definition) is 2. The molecule has 0 radical (unpaired) electrons. The molecule has 0 fully saturated rings. The molecule has 0 atom stereocenters. The Kier molecular flexibility index (Phi) is 9.77. The predicted octanol–water partition coefficient (Wildman–Crippen LogP) is 4.15. The SMILES string of the molecule is CCCCNC(=O)c1ccccc1C#CC#Cc1ccccc1C(=O)NCCCC. The number of rotatable bonds is 8. The summed E-state index contributed by atoms with van der Waals surface area (Å²) in [6.07, 6.45) is 3.93. The van der Waals surface area contributed by atoms with Crippen LogP contribution in [0.2, 0.25) is 0 Å². The van der Waals surface area contributed by atoms with Gasteiger partial charge in [0.25, 0.3) is 11.8 Å². The predicted molar refractivity (Wildman–Crippen MR) is 121 cm³/mol. The Morgan fingerprint density at radius 1 is 0.700 bits per heavy atom. The van der Waals surface area contributed by atoms with Crippen LogP contribution in [0.15, 0.2) is 48.5 Å². The van der Waals surface area contributed by atoms with Crippen LogP contribution in [0.3, 0.4) is 0 Å². The minimum absolute atomic E-state index is 0.129. The molecule has 2 aromatic rings. The summed E-state index contributed by atoms with van der Waals surface area (Å²) in [6.45, 7) is 5.45. The van der Waals surface area contributed by atoms with E-state index in [1.165, 1.54) is 0 Å². The van der Waals surface area contributed by atoms with E-state index in [4.69, 9.17) is 0 Å². The van der Waals surface area contributed by atoms with Gasteiger partial charge in [0.1, 0.15) is 0 Å². The first-order chi connectivity index (χ1) is 14.7. The number of carbonyl (C=O) groups excluding carboxylic acids is 2. The van der Waals surface area contributed by atoms with E-state index in [0.29, 0.717) is 35.3 Å². The summed E-state index contributed by atoms with van der Waals surface area (Å²) in [6, 6.07) is 14.4. The van der Waals surface area contributed by atoms with Gasteiger partial charge in [-0.2, -0.15) is 0 Å². The van der Waals surface area contributed by atoms with Crippen molar-refractivity contribution in [3.8, 4) is 23.7 Å². The Labute approximate surface area is 179 Å². The highest BCUT2D eigenvalue weighted by Gasteiger charge is 2.09. The van der Waals surface area contributed by atoms with Crippen LogP contribution in [0, 0.1) is 23.7 Å². The molecule has 0 spiro atoms. The third-order valence-electron chi connectivity index (χ3n) is 4.43. The van der Waals surface area contributed by atoms with Crippen molar-refractivity contribution in [1.82, 2.24) is 10.6 Å². The van der Waals surface area contributed by atoms with Gasteiger partial charge in [0, 0.05) is 24.2 Å². The maximum Gasteiger partial charge on any atom is 0.252 e. The molecule has 2 rings (SSSR count). The second kappa shape index (κ2) is 12.9. The Bertz CT molecular complexity index is 906. The van der Waals surface area contributed by atoms with E-state index < -0.39 is 0 Å². The lowest BCUT2D eigenvalue weighted by molar-refractivity contribution is 0.0944. The van der Waals surface area contributed by atoms with Crippen molar-refractivity contribution in [1.29, 1.82) is 0 Å². The fourth-order valence-electron chi connectivity index (χ4n) is 2.73. The van der Waals surface area contributed by atoms with Gasteiger partial charge in [0.15, 0.2) is 0 Å². The summed E-state index contributed by atoms with van der Waals surface area (Å²) in [5.74, 6) is 11.3. The molecule has 0 aliphatic heterocycles. The van der Waals surface area contributed by atoms with Crippen molar-refractivity contribution in [2.45, 2.75) is 39.5 Å². The van der Waals surface area contributed by atoms with Crippen molar-refractivity contribution < 1.29 is 9.59 Å². The third-order valence-corrected chi connectivity index (χ3v) is 4.43. The fraction of sp³-hybridized carbons (Fsp3) is 0.308. The van der Waals surface area contributed by atoms with Gasteiger partial charge in [-0.15, -0.1) is 0 Å². The van der Waals surface area contributed by atoms with Crippen molar-refractivity contribution in [3.63, 3.8) is 0 Å². The number of amides is 2. The molecular weight excluding hydrogens is 372 g/mol. The Morgan fingerprint density at radius 3 is 1.50 bits per heavy atom. The topological polar surface area (TPSA) is 58.2 Å². The molecular formula is C26H28N2O2. The fourth-order valence-corrected chi connectivity index (χ4v) is 2.73. The molecule has 2 aromatic carbocycles. The van der Waals surface area contributed by atoms with Crippen LogP contribution in [0.1, 0.15) is 71.4 Å². The van der Waals surface area contributed by atoms with Crippen LogP contribution in [-0.4, -0.2) is 24.9 Å². The molecule has 30 heavy (non-hydrogen) atoms. The van der Waals surface area contributed by atoms with Crippen LogP contribution in [0.4, 0.5) is 0 Å². The lowest BCUT2D eigenvalue weighted by atomic mass is 10.1. The maximum atomic E-state index is 12.4. The highest BCUT2D eigenvalue weighted by molar-refractivity contribution is 5.97. The molecule has 0 bridgehead atoms. The van der Waals surface area contributed by atoms with Gasteiger partial charge in [0.05, 0.1) is 11.1 Å². The first-order valence-corrected chi connectivity index (χ1v) is 10.4. The number of nitrogens with one attached hydrogen (secondary N) is 2. The average Bonchev–Trinajstić information content (AvgIpc) is 2.77.